The Balaban J connectivity index is 1.44. The zero-order valence-electron chi connectivity index (χ0n) is 9.90. The van der Waals surface area contributed by atoms with Gasteiger partial charge in [-0.3, -0.25) is 0 Å². The Morgan fingerprint density at radius 1 is 0.625 bits per heavy atom. The Kier molecular flexibility index (Phi) is 4.38. The average molecular weight is 275 g/mol. The fourth-order valence-corrected chi connectivity index (χ4v) is 5.49. The minimum atomic E-state index is 1.09. The average Bonchev–Trinajstić information content (AvgIpc) is 2.08. The van der Waals surface area contributed by atoms with Crippen LogP contribution in [0.25, 0.3) is 0 Å². The van der Waals surface area contributed by atoms with E-state index < -0.39 is 0 Å². The van der Waals surface area contributed by atoms with E-state index in [-0.39, 0.29) is 0 Å². The van der Waals surface area contributed by atoms with Gasteiger partial charge in [0.1, 0.15) is 0 Å². The van der Waals surface area contributed by atoms with Gasteiger partial charge < -0.3 is 0 Å². The Morgan fingerprint density at radius 2 is 0.938 bits per heavy atom. The Morgan fingerprint density at radius 3 is 1.12 bits per heavy atom. The Bertz CT molecular complexity index is 181. The van der Waals surface area contributed by atoms with Gasteiger partial charge in [0, 0.05) is 0 Å². The summed E-state index contributed by atoms with van der Waals surface area (Å²) in [5, 5.41) is 0. The van der Waals surface area contributed by atoms with E-state index in [0.29, 0.717) is 0 Å². The van der Waals surface area contributed by atoms with Crippen molar-refractivity contribution in [3.63, 3.8) is 0 Å². The third-order valence-electron chi connectivity index (χ3n) is 4.12. The number of hydrogen-bond acceptors (Lipinski definition) is 3. The fraction of sp³-hybridized carbons (Fsp3) is 1.00. The van der Waals surface area contributed by atoms with Crippen molar-refractivity contribution in [2.75, 3.05) is 34.5 Å². The highest BCUT2D eigenvalue weighted by Gasteiger charge is 2.30. The zero-order chi connectivity index (χ0) is 10.8. The molecule has 3 heteroatoms. The predicted molar refractivity (Wildman–Crippen MR) is 79.8 cm³/mol. The molecule has 0 amide bonds. The zero-order valence-corrected chi connectivity index (χ0v) is 12.3. The smallest absolute Gasteiger partial charge is 0.00310 e. The molecule has 3 aliphatic rings. The Hall–Kier alpha value is 1.05. The summed E-state index contributed by atoms with van der Waals surface area (Å²) in [6.07, 6.45) is 4.69. The summed E-state index contributed by atoms with van der Waals surface area (Å²) in [7, 11) is 0. The normalized spacial score (nSPS) is 27.6. The topological polar surface area (TPSA) is 0 Å². The molecule has 0 saturated carbocycles. The van der Waals surface area contributed by atoms with Crippen LogP contribution in [0.15, 0.2) is 0 Å². The fourth-order valence-electron chi connectivity index (χ4n) is 2.96. The summed E-state index contributed by atoms with van der Waals surface area (Å²) in [5.41, 5.74) is 0. The van der Waals surface area contributed by atoms with E-state index >= 15 is 0 Å². The van der Waals surface area contributed by atoms with E-state index in [2.05, 4.69) is 35.3 Å². The maximum absolute atomic E-state index is 2.16. The molecular formula is C13H22S3. The first kappa shape index (κ1) is 12.1. The monoisotopic (exact) mass is 274 g/mol. The van der Waals surface area contributed by atoms with E-state index in [1.807, 2.05) is 0 Å². The molecule has 0 atom stereocenters. The van der Waals surface area contributed by atoms with Crippen LogP contribution in [-0.2, 0) is 0 Å². The molecule has 3 aliphatic heterocycles. The second kappa shape index (κ2) is 5.79. The van der Waals surface area contributed by atoms with Crippen molar-refractivity contribution < 1.29 is 0 Å². The van der Waals surface area contributed by atoms with Gasteiger partial charge in [0.05, 0.1) is 0 Å². The summed E-state index contributed by atoms with van der Waals surface area (Å²) >= 11 is 6.47. The van der Waals surface area contributed by atoms with Crippen molar-refractivity contribution in [2.24, 2.45) is 23.7 Å². The van der Waals surface area contributed by atoms with Crippen molar-refractivity contribution in [3.05, 3.63) is 0 Å². The minimum absolute atomic E-state index is 1.09. The number of thioether (sulfide) groups is 3. The van der Waals surface area contributed by atoms with Gasteiger partial charge in [0.15, 0.2) is 0 Å². The second-order valence-electron chi connectivity index (χ2n) is 5.78. The van der Waals surface area contributed by atoms with Gasteiger partial charge in [0.2, 0.25) is 0 Å². The highest BCUT2D eigenvalue weighted by molar-refractivity contribution is 8.01. The second-order valence-corrected chi connectivity index (χ2v) is 9.01. The molecule has 0 nitrogen and oxygen atoms in total. The van der Waals surface area contributed by atoms with Gasteiger partial charge in [-0.25, -0.2) is 0 Å². The van der Waals surface area contributed by atoms with Crippen molar-refractivity contribution in [2.45, 2.75) is 19.3 Å². The summed E-state index contributed by atoms with van der Waals surface area (Å²) in [4.78, 5) is 0. The van der Waals surface area contributed by atoms with Crippen molar-refractivity contribution in [3.8, 4) is 0 Å². The largest absolute Gasteiger partial charge is 0.161 e. The lowest BCUT2D eigenvalue weighted by molar-refractivity contribution is 0.291. The van der Waals surface area contributed by atoms with Gasteiger partial charge in [0.25, 0.3) is 0 Å². The molecule has 0 aromatic carbocycles. The molecule has 0 spiro atoms. The van der Waals surface area contributed by atoms with Gasteiger partial charge in [-0.1, -0.05) is 0 Å². The highest BCUT2D eigenvalue weighted by Crippen LogP contribution is 2.40. The van der Waals surface area contributed by atoms with Crippen LogP contribution in [0.5, 0.6) is 0 Å². The first-order chi connectivity index (χ1) is 7.90. The lowest BCUT2D eigenvalue weighted by atomic mass is 9.83. The molecule has 0 N–H and O–H groups in total. The van der Waals surface area contributed by atoms with E-state index in [4.69, 9.17) is 0 Å². The summed E-state index contributed by atoms with van der Waals surface area (Å²) in [6.45, 7) is 0. The molecule has 0 aromatic rings. The molecule has 0 radical (unpaired) electrons. The van der Waals surface area contributed by atoms with Crippen LogP contribution in [0.2, 0.25) is 0 Å². The molecule has 3 fully saturated rings. The van der Waals surface area contributed by atoms with Crippen LogP contribution >= 0.6 is 35.3 Å². The molecule has 92 valence electrons. The van der Waals surface area contributed by atoms with Gasteiger partial charge in [-0.15, -0.1) is 0 Å². The summed E-state index contributed by atoms with van der Waals surface area (Å²) in [6, 6.07) is 0. The van der Waals surface area contributed by atoms with Crippen LogP contribution in [0.3, 0.4) is 0 Å². The maximum Gasteiger partial charge on any atom is -0.00310 e. The minimum Gasteiger partial charge on any atom is -0.161 e. The van der Waals surface area contributed by atoms with Crippen molar-refractivity contribution in [1.29, 1.82) is 0 Å². The number of rotatable bonds is 6. The quantitative estimate of drug-likeness (QED) is 0.722. The first-order valence-electron chi connectivity index (χ1n) is 6.63. The van der Waals surface area contributed by atoms with Crippen molar-refractivity contribution >= 4 is 35.3 Å². The van der Waals surface area contributed by atoms with Crippen LogP contribution < -0.4 is 0 Å². The van der Waals surface area contributed by atoms with Crippen LogP contribution in [-0.4, -0.2) is 34.5 Å². The summed E-state index contributed by atoms with van der Waals surface area (Å²) < 4.78 is 0. The molecule has 3 saturated heterocycles. The van der Waals surface area contributed by atoms with Crippen LogP contribution in [0.4, 0.5) is 0 Å². The third-order valence-corrected chi connectivity index (χ3v) is 8.36. The molecule has 3 heterocycles. The van der Waals surface area contributed by atoms with E-state index in [0.717, 1.165) is 23.7 Å². The molecule has 0 unspecified atom stereocenters. The Labute approximate surface area is 112 Å². The van der Waals surface area contributed by atoms with Crippen LogP contribution in [0.1, 0.15) is 19.3 Å². The summed E-state index contributed by atoms with van der Waals surface area (Å²) in [5.74, 6) is 13.2. The lowest BCUT2D eigenvalue weighted by Gasteiger charge is -2.37. The standard InChI is InChI=1S/C13H22S3/c1(11-4-14-5-11)10(2-12-6-15-7-12)3-13-8-16-9-13/h10-13H,1-9H2. The molecule has 3 rings (SSSR count). The maximum atomic E-state index is 2.16. The van der Waals surface area contributed by atoms with E-state index in [1.165, 1.54) is 34.5 Å². The molecule has 0 aromatic heterocycles. The lowest BCUT2D eigenvalue weighted by Crippen LogP contribution is -2.29. The third kappa shape index (κ3) is 3.08. The SMILES string of the molecule is C1SCC1CC(CC1CSC1)CC1CSC1. The van der Waals surface area contributed by atoms with Gasteiger partial charge >= 0.3 is 0 Å². The molecule has 16 heavy (non-hydrogen) atoms. The molecular weight excluding hydrogens is 252 g/mol. The van der Waals surface area contributed by atoms with E-state index in [9.17, 15) is 0 Å². The van der Waals surface area contributed by atoms with Crippen molar-refractivity contribution in [1.82, 2.24) is 0 Å². The van der Waals surface area contributed by atoms with Gasteiger partial charge in [-0.2, -0.15) is 35.3 Å². The number of hydrogen-bond donors (Lipinski definition) is 0. The predicted octanol–water partition coefficient (Wildman–Crippen LogP) is 3.86. The molecule has 0 aliphatic carbocycles. The first-order valence-corrected chi connectivity index (χ1v) is 10.1. The highest BCUT2D eigenvalue weighted by atomic mass is 32.2. The van der Waals surface area contributed by atoms with Crippen LogP contribution in [0, 0.1) is 23.7 Å². The van der Waals surface area contributed by atoms with Gasteiger partial charge in [-0.05, 0) is 77.5 Å². The van der Waals surface area contributed by atoms with E-state index in [1.54, 1.807) is 19.3 Å². The molecule has 0 bridgehead atoms.